The van der Waals surface area contributed by atoms with Crippen molar-refractivity contribution in [2.24, 2.45) is 31.8 Å². The van der Waals surface area contributed by atoms with Crippen LogP contribution < -0.4 is 16.0 Å². The van der Waals surface area contributed by atoms with Gasteiger partial charge in [0.2, 0.25) is 5.78 Å². The number of nitrogens with zero attached hydrogens (tertiary/aromatic N) is 5. The molecular formula is C26H29N5O3. The van der Waals surface area contributed by atoms with E-state index in [0.29, 0.717) is 16.9 Å². The number of hydrogen-bond donors (Lipinski definition) is 0. The lowest BCUT2D eigenvalue weighted by Crippen LogP contribution is -2.49. The zero-order valence-electron chi connectivity index (χ0n) is 19.8. The SMILES string of the molecule is COc1ccc(-n2c(C34CC5CC(CC(C5)C3)C4)cn3c4c(=O)n(C)c(=O)n(C)c4nc23)cc1. The second kappa shape index (κ2) is 6.64. The average molecular weight is 460 g/mol. The molecule has 0 atom stereocenters. The Morgan fingerprint density at radius 1 is 0.941 bits per heavy atom. The standard InChI is InChI=1S/C26H29N5O3/c1-28-22-21(23(32)29(2)25(28)33)30-14-20(26-11-15-8-16(12-26)10-17(9-15)13-26)31(24(30)27-22)18-4-6-19(34-3)7-5-18/h4-7,14-17H,8-13H2,1-3H3. The molecule has 34 heavy (non-hydrogen) atoms. The molecule has 4 bridgehead atoms. The van der Waals surface area contributed by atoms with E-state index in [1.165, 1.54) is 60.4 Å². The van der Waals surface area contributed by atoms with Crippen molar-refractivity contribution in [3.05, 3.63) is 57.0 Å². The molecule has 0 amide bonds. The number of fused-ring (bicyclic) bond motifs is 3. The van der Waals surface area contributed by atoms with Crippen molar-refractivity contribution in [1.82, 2.24) is 23.1 Å². The fourth-order valence-electron chi connectivity index (χ4n) is 7.76. The van der Waals surface area contributed by atoms with Gasteiger partial charge in [0.1, 0.15) is 5.75 Å². The van der Waals surface area contributed by atoms with Crippen LogP contribution in [0.5, 0.6) is 5.75 Å². The van der Waals surface area contributed by atoms with Crippen molar-refractivity contribution in [2.75, 3.05) is 7.11 Å². The molecule has 8 nitrogen and oxygen atoms in total. The molecule has 8 heteroatoms. The number of hydrogen-bond acceptors (Lipinski definition) is 4. The largest absolute Gasteiger partial charge is 0.497 e. The first kappa shape index (κ1) is 20.1. The number of aromatic nitrogens is 5. The topological polar surface area (TPSA) is 75.5 Å². The van der Waals surface area contributed by atoms with Gasteiger partial charge in [0.05, 0.1) is 7.11 Å². The number of aryl methyl sites for hydroxylation is 1. The van der Waals surface area contributed by atoms with Crippen LogP contribution in [0.4, 0.5) is 0 Å². The molecule has 0 spiro atoms. The maximum Gasteiger partial charge on any atom is 0.332 e. The van der Waals surface area contributed by atoms with Gasteiger partial charge in [0.15, 0.2) is 11.2 Å². The quantitative estimate of drug-likeness (QED) is 0.472. The molecule has 3 aromatic heterocycles. The van der Waals surface area contributed by atoms with Crippen molar-refractivity contribution in [3.63, 3.8) is 0 Å². The predicted molar refractivity (Wildman–Crippen MR) is 129 cm³/mol. The highest BCUT2D eigenvalue weighted by Crippen LogP contribution is 2.61. The van der Waals surface area contributed by atoms with Gasteiger partial charge in [-0.15, -0.1) is 0 Å². The van der Waals surface area contributed by atoms with Crippen LogP contribution in [0.25, 0.3) is 22.6 Å². The molecule has 0 unspecified atom stereocenters. The summed E-state index contributed by atoms with van der Waals surface area (Å²) < 4.78 is 12.2. The second-order valence-corrected chi connectivity index (χ2v) is 10.9. The number of methoxy groups -OCH3 is 1. The Kier molecular flexibility index (Phi) is 3.93. The highest BCUT2D eigenvalue weighted by Gasteiger charge is 2.53. The summed E-state index contributed by atoms with van der Waals surface area (Å²) >= 11 is 0. The van der Waals surface area contributed by atoms with E-state index in [0.717, 1.165) is 29.2 Å². The monoisotopic (exact) mass is 459 g/mol. The fourth-order valence-corrected chi connectivity index (χ4v) is 7.76. The minimum absolute atomic E-state index is 0.105. The van der Waals surface area contributed by atoms with Gasteiger partial charge in [-0.05, 0) is 80.5 Å². The molecule has 4 fully saturated rings. The maximum absolute atomic E-state index is 13.2. The molecule has 4 aliphatic rings. The van der Waals surface area contributed by atoms with E-state index in [-0.39, 0.29) is 16.7 Å². The van der Waals surface area contributed by atoms with Gasteiger partial charge < -0.3 is 4.74 Å². The number of ether oxygens (including phenoxy) is 1. The molecule has 8 rings (SSSR count). The van der Waals surface area contributed by atoms with Crippen LogP contribution in [-0.4, -0.2) is 30.2 Å². The molecule has 0 saturated heterocycles. The molecule has 4 aliphatic carbocycles. The Labute approximate surface area is 196 Å². The maximum atomic E-state index is 13.2. The third-order valence-corrected chi connectivity index (χ3v) is 8.88. The van der Waals surface area contributed by atoms with Gasteiger partial charge in [-0.25, -0.2) is 4.79 Å². The molecule has 4 saturated carbocycles. The van der Waals surface area contributed by atoms with Crippen LogP contribution >= 0.6 is 0 Å². The average Bonchev–Trinajstić information content (AvgIpc) is 3.38. The lowest BCUT2D eigenvalue weighted by atomic mass is 9.49. The summed E-state index contributed by atoms with van der Waals surface area (Å²) in [6.45, 7) is 0. The van der Waals surface area contributed by atoms with Gasteiger partial charge in [-0.2, -0.15) is 4.98 Å². The summed E-state index contributed by atoms with van der Waals surface area (Å²) in [5.74, 6) is 3.87. The summed E-state index contributed by atoms with van der Waals surface area (Å²) in [4.78, 5) is 30.7. The van der Waals surface area contributed by atoms with E-state index in [9.17, 15) is 9.59 Å². The lowest BCUT2D eigenvalue weighted by molar-refractivity contribution is -0.00786. The number of benzene rings is 1. The third-order valence-electron chi connectivity index (χ3n) is 8.88. The molecule has 176 valence electrons. The molecule has 0 aliphatic heterocycles. The van der Waals surface area contributed by atoms with E-state index in [2.05, 4.69) is 22.9 Å². The van der Waals surface area contributed by atoms with Crippen molar-refractivity contribution in [1.29, 1.82) is 0 Å². The zero-order valence-corrected chi connectivity index (χ0v) is 19.8. The smallest absolute Gasteiger partial charge is 0.332 e. The van der Waals surface area contributed by atoms with Crippen LogP contribution in [0.2, 0.25) is 0 Å². The van der Waals surface area contributed by atoms with Crippen LogP contribution in [0.15, 0.2) is 40.1 Å². The number of rotatable bonds is 3. The fraction of sp³-hybridized carbons (Fsp3) is 0.500. The van der Waals surface area contributed by atoms with Crippen LogP contribution in [0.3, 0.4) is 0 Å². The molecule has 0 N–H and O–H groups in total. The van der Waals surface area contributed by atoms with Gasteiger partial charge in [-0.1, -0.05) is 0 Å². The van der Waals surface area contributed by atoms with E-state index < -0.39 is 0 Å². The lowest BCUT2D eigenvalue weighted by Gasteiger charge is -2.56. The Bertz CT molecular complexity index is 1550. The van der Waals surface area contributed by atoms with Crippen LogP contribution in [0.1, 0.15) is 44.2 Å². The minimum atomic E-state index is -0.365. The zero-order chi connectivity index (χ0) is 23.4. The van der Waals surface area contributed by atoms with Crippen molar-refractivity contribution in [2.45, 2.75) is 43.9 Å². The van der Waals surface area contributed by atoms with Crippen molar-refractivity contribution < 1.29 is 4.74 Å². The van der Waals surface area contributed by atoms with Gasteiger partial charge in [-0.3, -0.25) is 22.9 Å². The molecule has 4 aromatic rings. The summed E-state index contributed by atoms with van der Waals surface area (Å²) in [6, 6.07) is 8.04. The van der Waals surface area contributed by atoms with Gasteiger partial charge >= 0.3 is 5.69 Å². The molecule has 1 aromatic carbocycles. The highest BCUT2D eigenvalue weighted by atomic mass is 16.5. The second-order valence-electron chi connectivity index (χ2n) is 10.9. The van der Waals surface area contributed by atoms with Gasteiger partial charge in [0.25, 0.3) is 5.56 Å². The molecule has 3 heterocycles. The Morgan fingerprint density at radius 3 is 2.15 bits per heavy atom. The van der Waals surface area contributed by atoms with Crippen LogP contribution in [0, 0.1) is 17.8 Å². The van der Waals surface area contributed by atoms with Crippen LogP contribution in [-0.2, 0) is 19.5 Å². The summed E-state index contributed by atoms with van der Waals surface area (Å²) in [5.41, 5.74) is 2.55. The van der Waals surface area contributed by atoms with E-state index in [4.69, 9.17) is 9.72 Å². The minimum Gasteiger partial charge on any atom is -0.497 e. The first-order valence-corrected chi connectivity index (χ1v) is 12.2. The summed E-state index contributed by atoms with van der Waals surface area (Å²) in [5, 5.41) is 0. The van der Waals surface area contributed by atoms with E-state index >= 15 is 0 Å². The van der Waals surface area contributed by atoms with Crippen molar-refractivity contribution >= 4 is 16.9 Å². The highest BCUT2D eigenvalue weighted by molar-refractivity contribution is 5.76. The Morgan fingerprint density at radius 2 is 1.56 bits per heavy atom. The number of imidazole rings is 2. The van der Waals surface area contributed by atoms with Crippen molar-refractivity contribution in [3.8, 4) is 11.4 Å². The Balaban J connectivity index is 1.56. The molecular weight excluding hydrogens is 430 g/mol. The van der Waals surface area contributed by atoms with E-state index in [1.54, 1.807) is 14.2 Å². The van der Waals surface area contributed by atoms with Gasteiger partial charge in [0, 0.05) is 37.1 Å². The molecule has 0 radical (unpaired) electrons. The van der Waals surface area contributed by atoms with E-state index in [1.807, 2.05) is 16.5 Å². The third kappa shape index (κ3) is 2.51. The summed E-state index contributed by atoms with van der Waals surface area (Å²) in [7, 11) is 4.87. The predicted octanol–water partition coefficient (Wildman–Crippen LogP) is 3.15. The summed E-state index contributed by atoms with van der Waals surface area (Å²) in [6.07, 6.45) is 9.86. The normalized spacial score (nSPS) is 27.8. The first-order valence-electron chi connectivity index (χ1n) is 12.2. The first-order chi connectivity index (χ1) is 16.4. The Hall–Kier alpha value is -3.29.